The molecule has 0 aromatic heterocycles. The van der Waals surface area contributed by atoms with E-state index in [0.717, 1.165) is 11.6 Å². The number of imide groups is 2. The molecule has 1 aliphatic rings. The van der Waals surface area contributed by atoms with Gasteiger partial charge in [0.2, 0.25) is 0 Å². The molecule has 0 atom stereocenters. The lowest BCUT2D eigenvalue weighted by Gasteiger charge is -2.26. The van der Waals surface area contributed by atoms with Gasteiger partial charge in [-0.2, -0.15) is 0 Å². The summed E-state index contributed by atoms with van der Waals surface area (Å²) >= 11 is 0. The van der Waals surface area contributed by atoms with E-state index in [2.05, 4.69) is 0 Å². The van der Waals surface area contributed by atoms with Gasteiger partial charge in [-0.15, -0.1) is 0 Å². The van der Waals surface area contributed by atoms with Gasteiger partial charge < -0.3 is 4.74 Å². The molecule has 0 saturated carbocycles. The first-order valence-electron chi connectivity index (χ1n) is 9.89. The van der Waals surface area contributed by atoms with Gasteiger partial charge in [-0.1, -0.05) is 48.0 Å². The molecule has 0 radical (unpaired) electrons. The van der Waals surface area contributed by atoms with E-state index >= 15 is 0 Å². The number of benzene rings is 3. The van der Waals surface area contributed by atoms with Crippen molar-refractivity contribution in [2.24, 2.45) is 0 Å². The number of nitrogens with zero attached hydrogens (tertiary/aromatic N) is 1. The van der Waals surface area contributed by atoms with Crippen LogP contribution in [0.3, 0.4) is 0 Å². The van der Waals surface area contributed by atoms with E-state index in [0.29, 0.717) is 10.5 Å². The van der Waals surface area contributed by atoms with Crippen LogP contribution >= 0.6 is 0 Å². The average molecular weight is 444 g/mol. The van der Waals surface area contributed by atoms with Crippen LogP contribution in [-0.4, -0.2) is 23.8 Å². The van der Waals surface area contributed by atoms with E-state index in [1.165, 1.54) is 36.4 Å². The van der Waals surface area contributed by atoms with E-state index in [4.69, 9.17) is 4.74 Å². The second-order valence-corrected chi connectivity index (χ2v) is 7.20. The van der Waals surface area contributed by atoms with Gasteiger partial charge in [0.1, 0.15) is 17.1 Å². The molecular weight excluding hydrogens is 427 g/mol. The van der Waals surface area contributed by atoms with Crippen molar-refractivity contribution in [1.29, 1.82) is 0 Å². The highest BCUT2D eigenvalue weighted by Gasteiger charge is 2.38. The molecule has 0 unspecified atom stereocenters. The molecule has 8 heteroatoms. The Morgan fingerprint density at radius 2 is 1.61 bits per heavy atom. The third-order valence-corrected chi connectivity index (χ3v) is 4.90. The maximum Gasteiger partial charge on any atom is 0.343 e. The molecule has 0 bridgehead atoms. The Balaban J connectivity index is 1.68. The normalized spacial score (nSPS) is 14.9. The first-order valence-corrected chi connectivity index (χ1v) is 9.89. The van der Waals surface area contributed by atoms with Gasteiger partial charge in [0.05, 0.1) is 11.3 Å². The number of amides is 4. The number of carbonyl (C=O) groups excluding carboxylic acids is 4. The fraction of sp³-hybridized carbons (Fsp3) is 0.0400. The Morgan fingerprint density at radius 1 is 0.939 bits per heavy atom. The van der Waals surface area contributed by atoms with Crippen LogP contribution in [0.5, 0.6) is 5.75 Å². The van der Waals surface area contributed by atoms with Gasteiger partial charge in [-0.3, -0.25) is 14.9 Å². The average Bonchev–Trinajstić information content (AvgIpc) is 2.79. The molecule has 0 aliphatic carbocycles. The zero-order chi connectivity index (χ0) is 23.5. The number of rotatable bonds is 4. The minimum absolute atomic E-state index is 0.102. The number of carbonyl (C=O) groups is 4. The molecule has 3 aromatic rings. The van der Waals surface area contributed by atoms with Crippen molar-refractivity contribution in [2.45, 2.75) is 6.92 Å². The van der Waals surface area contributed by atoms with Crippen LogP contribution in [0.2, 0.25) is 0 Å². The van der Waals surface area contributed by atoms with Crippen molar-refractivity contribution in [3.05, 3.63) is 101 Å². The molecule has 0 spiro atoms. The number of hydrogen-bond donors (Lipinski definition) is 1. The number of ether oxygens (including phenoxy) is 1. The molecule has 1 N–H and O–H groups in total. The van der Waals surface area contributed by atoms with Gasteiger partial charge in [0.25, 0.3) is 11.8 Å². The lowest BCUT2D eigenvalue weighted by molar-refractivity contribution is -0.122. The van der Waals surface area contributed by atoms with Gasteiger partial charge >= 0.3 is 12.0 Å². The Morgan fingerprint density at radius 3 is 2.33 bits per heavy atom. The predicted molar refractivity (Wildman–Crippen MR) is 118 cm³/mol. The van der Waals surface area contributed by atoms with Crippen LogP contribution in [0.1, 0.15) is 21.5 Å². The van der Waals surface area contributed by atoms with E-state index in [1.54, 1.807) is 36.4 Å². The van der Waals surface area contributed by atoms with Crippen molar-refractivity contribution < 1.29 is 28.3 Å². The molecule has 4 amide bonds. The first kappa shape index (κ1) is 21.6. The van der Waals surface area contributed by atoms with Crippen LogP contribution in [0, 0.1) is 12.7 Å². The van der Waals surface area contributed by atoms with E-state index in [1.807, 2.05) is 12.2 Å². The third-order valence-electron chi connectivity index (χ3n) is 4.90. The van der Waals surface area contributed by atoms with Gasteiger partial charge in [-0.25, -0.2) is 18.9 Å². The highest BCUT2D eigenvalue weighted by atomic mass is 19.1. The number of barbiturate groups is 1. The summed E-state index contributed by atoms with van der Waals surface area (Å²) in [4.78, 5) is 50.8. The minimum atomic E-state index is -1.06. The van der Waals surface area contributed by atoms with Crippen molar-refractivity contribution in [3.8, 4) is 5.75 Å². The number of urea groups is 1. The lowest BCUT2D eigenvalue weighted by atomic mass is 10.1. The third kappa shape index (κ3) is 4.40. The number of hydrogen-bond acceptors (Lipinski definition) is 5. The van der Waals surface area contributed by atoms with Crippen LogP contribution in [0.25, 0.3) is 6.08 Å². The van der Waals surface area contributed by atoms with Crippen molar-refractivity contribution in [1.82, 2.24) is 5.32 Å². The summed E-state index contributed by atoms with van der Waals surface area (Å²) in [5.41, 5.74) is 0.840. The fourth-order valence-electron chi connectivity index (χ4n) is 3.21. The van der Waals surface area contributed by atoms with Crippen LogP contribution in [0.15, 0.2) is 78.4 Å². The topological polar surface area (TPSA) is 92.8 Å². The number of para-hydroxylation sites is 2. The zero-order valence-corrected chi connectivity index (χ0v) is 17.4. The van der Waals surface area contributed by atoms with Crippen LogP contribution < -0.4 is 15.0 Å². The molecular formula is C25H17FN2O5. The Hall–Kier alpha value is -4.59. The molecule has 33 heavy (non-hydrogen) atoms. The molecule has 164 valence electrons. The Labute approximate surface area is 188 Å². The Kier molecular flexibility index (Phi) is 5.82. The maximum absolute atomic E-state index is 14.2. The second-order valence-electron chi connectivity index (χ2n) is 7.20. The van der Waals surface area contributed by atoms with Crippen molar-refractivity contribution in [3.63, 3.8) is 0 Å². The Bertz CT molecular complexity index is 1310. The summed E-state index contributed by atoms with van der Waals surface area (Å²) in [5, 5.41) is 2.03. The summed E-state index contributed by atoms with van der Waals surface area (Å²) < 4.78 is 19.7. The minimum Gasteiger partial charge on any atom is -0.422 e. The van der Waals surface area contributed by atoms with Crippen molar-refractivity contribution in [2.75, 3.05) is 4.90 Å². The predicted octanol–water partition coefficient (Wildman–Crippen LogP) is 4.02. The summed E-state index contributed by atoms with van der Waals surface area (Å²) in [6.07, 6.45) is 1.19. The lowest BCUT2D eigenvalue weighted by Crippen LogP contribution is -2.54. The molecule has 3 aromatic carbocycles. The molecule has 7 nitrogen and oxygen atoms in total. The monoisotopic (exact) mass is 444 g/mol. The van der Waals surface area contributed by atoms with Gasteiger partial charge in [0.15, 0.2) is 0 Å². The van der Waals surface area contributed by atoms with E-state index in [-0.39, 0.29) is 17.0 Å². The largest absolute Gasteiger partial charge is 0.422 e. The SMILES string of the molecule is Cc1ccc(C(=O)Oc2ccccc2C=C2C(=O)NC(=O)N(c3ccccc3F)C2=O)cc1. The number of anilines is 1. The smallest absolute Gasteiger partial charge is 0.343 e. The van der Waals surface area contributed by atoms with Crippen LogP contribution in [0.4, 0.5) is 14.9 Å². The molecule has 4 rings (SSSR count). The number of halogens is 1. The zero-order valence-electron chi connectivity index (χ0n) is 17.4. The highest BCUT2D eigenvalue weighted by Crippen LogP contribution is 2.27. The number of nitrogens with one attached hydrogen (secondary N) is 1. The summed E-state index contributed by atoms with van der Waals surface area (Å²) in [5.74, 6) is -3.28. The van der Waals surface area contributed by atoms with E-state index in [9.17, 15) is 23.6 Å². The van der Waals surface area contributed by atoms with Gasteiger partial charge in [-0.05, 0) is 43.3 Å². The number of esters is 1. The molecule has 1 heterocycles. The fourth-order valence-corrected chi connectivity index (χ4v) is 3.21. The number of aryl methyl sites for hydroxylation is 1. The molecule has 1 aliphatic heterocycles. The summed E-state index contributed by atoms with van der Waals surface area (Å²) in [6.45, 7) is 1.89. The van der Waals surface area contributed by atoms with Crippen molar-refractivity contribution >= 4 is 35.6 Å². The van der Waals surface area contributed by atoms with E-state index < -0.39 is 35.2 Å². The maximum atomic E-state index is 14.2. The second kappa shape index (κ2) is 8.88. The first-order chi connectivity index (χ1) is 15.8. The summed E-state index contributed by atoms with van der Waals surface area (Å²) in [7, 11) is 0. The quantitative estimate of drug-likeness (QED) is 0.284. The molecule has 1 saturated heterocycles. The van der Waals surface area contributed by atoms with Crippen LogP contribution in [-0.2, 0) is 9.59 Å². The highest BCUT2D eigenvalue weighted by molar-refractivity contribution is 6.39. The van der Waals surface area contributed by atoms with Gasteiger partial charge in [0, 0.05) is 5.56 Å². The summed E-state index contributed by atoms with van der Waals surface area (Å²) in [6, 6.07) is 17.2. The standard InChI is InChI=1S/C25H17FN2O5/c1-15-10-12-16(13-11-15)24(31)33-21-9-5-2-6-17(21)14-18-22(29)27-25(32)28(23(18)30)20-8-4-3-7-19(20)26/h2-14H,1H3,(H,27,29,32). The molecule has 1 fully saturated rings.